The molecule has 0 saturated carbocycles. The van der Waals surface area contributed by atoms with Crippen LogP contribution in [0.4, 0.5) is 0 Å². The third kappa shape index (κ3) is 4.70. The lowest BCUT2D eigenvalue weighted by Crippen LogP contribution is -2.27. The van der Waals surface area contributed by atoms with Crippen molar-refractivity contribution in [1.82, 2.24) is 5.48 Å². The molecule has 2 rings (SSSR count). The summed E-state index contributed by atoms with van der Waals surface area (Å²) >= 11 is 0. The highest BCUT2D eigenvalue weighted by atomic mass is 16.5. The van der Waals surface area contributed by atoms with Gasteiger partial charge in [-0.2, -0.15) is 0 Å². The summed E-state index contributed by atoms with van der Waals surface area (Å²) in [6.45, 7) is 6.18. The number of amides is 1. The Morgan fingerprint density at radius 3 is 2.09 bits per heavy atom. The van der Waals surface area contributed by atoms with E-state index in [2.05, 4.69) is 32.6 Å². The van der Waals surface area contributed by atoms with Gasteiger partial charge >= 0.3 is 0 Å². The van der Waals surface area contributed by atoms with Crippen molar-refractivity contribution in [2.75, 3.05) is 0 Å². The number of hydrogen-bond acceptors (Lipinski definition) is 2. The van der Waals surface area contributed by atoms with E-state index in [4.69, 9.17) is 5.21 Å². The number of hydrogen-bond donors (Lipinski definition) is 2. The van der Waals surface area contributed by atoms with Gasteiger partial charge in [0.15, 0.2) is 0 Å². The average molecular weight is 307 g/mol. The Hall–Kier alpha value is -2.57. The highest BCUT2D eigenvalue weighted by molar-refractivity contribution is 5.86. The van der Waals surface area contributed by atoms with Gasteiger partial charge in [0, 0.05) is 11.0 Å². The Kier molecular flexibility index (Phi) is 5.20. The molecule has 0 heterocycles. The number of hydroxylamine groups is 1. The van der Waals surface area contributed by atoms with Crippen LogP contribution in [0.1, 0.15) is 43.4 Å². The molecule has 3 heteroatoms. The van der Waals surface area contributed by atoms with Gasteiger partial charge in [-0.25, -0.2) is 5.48 Å². The summed E-state index contributed by atoms with van der Waals surface area (Å²) in [6, 6.07) is 16.9. The highest BCUT2D eigenvalue weighted by Gasteiger charge is 2.22. The van der Waals surface area contributed by atoms with E-state index in [9.17, 15) is 4.79 Å². The van der Waals surface area contributed by atoms with E-state index in [1.54, 1.807) is 5.48 Å². The predicted molar refractivity (Wildman–Crippen MR) is 91.0 cm³/mol. The summed E-state index contributed by atoms with van der Waals surface area (Å²) in [5.74, 6) is 5.31. The first-order valence-electron chi connectivity index (χ1n) is 7.53. The van der Waals surface area contributed by atoms with E-state index in [-0.39, 0.29) is 5.41 Å². The van der Waals surface area contributed by atoms with Crippen LogP contribution in [0.5, 0.6) is 0 Å². The molecule has 0 aliphatic rings. The molecule has 1 amide bonds. The SMILES string of the molecule is CC(C)(C)C#Cc1ccc(C(C(=O)NO)c2ccccc2)cc1. The second-order valence-electron chi connectivity index (χ2n) is 6.44. The van der Waals surface area contributed by atoms with Gasteiger partial charge in [0.05, 0.1) is 5.92 Å². The molecule has 0 aliphatic carbocycles. The minimum atomic E-state index is -0.550. The van der Waals surface area contributed by atoms with Crippen LogP contribution >= 0.6 is 0 Å². The van der Waals surface area contributed by atoms with Crippen molar-refractivity contribution in [3.8, 4) is 11.8 Å². The van der Waals surface area contributed by atoms with Crippen molar-refractivity contribution in [3.05, 3.63) is 71.3 Å². The molecule has 0 aromatic heterocycles. The smallest absolute Gasteiger partial charge is 0.255 e. The molecule has 23 heavy (non-hydrogen) atoms. The van der Waals surface area contributed by atoms with Crippen LogP contribution in [0, 0.1) is 17.3 Å². The maximum absolute atomic E-state index is 12.1. The van der Waals surface area contributed by atoms with Gasteiger partial charge in [-0.3, -0.25) is 10.0 Å². The molecule has 0 aliphatic heterocycles. The van der Waals surface area contributed by atoms with Crippen LogP contribution in [0.15, 0.2) is 54.6 Å². The second-order valence-corrected chi connectivity index (χ2v) is 6.44. The third-order valence-electron chi connectivity index (χ3n) is 3.33. The summed E-state index contributed by atoms with van der Waals surface area (Å²) in [4.78, 5) is 12.1. The fourth-order valence-corrected chi connectivity index (χ4v) is 2.22. The minimum absolute atomic E-state index is 0.0536. The number of rotatable bonds is 3. The first kappa shape index (κ1) is 16.8. The van der Waals surface area contributed by atoms with E-state index < -0.39 is 11.8 Å². The third-order valence-corrected chi connectivity index (χ3v) is 3.33. The van der Waals surface area contributed by atoms with Gasteiger partial charge in [-0.05, 0) is 44.0 Å². The van der Waals surface area contributed by atoms with Crippen molar-refractivity contribution >= 4 is 5.91 Å². The fraction of sp³-hybridized carbons (Fsp3) is 0.250. The lowest BCUT2D eigenvalue weighted by atomic mass is 9.90. The molecule has 0 radical (unpaired) electrons. The van der Waals surface area contributed by atoms with Gasteiger partial charge in [0.2, 0.25) is 0 Å². The molecule has 0 fully saturated rings. The molecule has 2 N–H and O–H groups in total. The summed E-state index contributed by atoms with van der Waals surface area (Å²) < 4.78 is 0. The van der Waals surface area contributed by atoms with Crippen molar-refractivity contribution < 1.29 is 10.0 Å². The Bertz CT molecular complexity index is 716. The summed E-state index contributed by atoms with van der Waals surface area (Å²) in [5.41, 5.74) is 4.24. The van der Waals surface area contributed by atoms with Crippen molar-refractivity contribution in [1.29, 1.82) is 0 Å². The Labute approximate surface area is 137 Å². The molecule has 2 aromatic carbocycles. The molecule has 0 saturated heterocycles. The molecular weight excluding hydrogens is 286 g/mol. The number of carbonyl (C=O) groups excluding carboxylic acids is 1. The topological polar surface area (TPSA) is 49.3 Å². The molecule has 118 valence electrons. The normalized spacial score (nSPS) is 12.0. The van der Waals surface area contributed by atoms with Gasteiger partial charge in [-0.15, -0.1) is 0 Å². The molecule has 3 nitrogen and oxygen atoms in total. The van der Waals surface area contributed by atoms with Crippen LogP contribution in [0.2, 0.25) is 0 Å². The predicted octanol–water partition coefficient (Wildman–Crippen LogP) is 3.72. The Morgan fingerprint density at radius 1 is 1.00 bits per heavy atom. The minimum Gasteiger partial charge on any atom is -0.289 e. The zero-order chi connectivity index (χ0) is 16.9. The van der Waals surface area contributed by atoms with E-state index in [1.165, 1.54) is 0 Å². The zero-order valence-electron chi connectivity index (χ0n) is 13.6. The largest absolute Gasteiger partial charge is 0.289 e. The van der Waals surface area contributed by atoms with Crippen molar-refractivity contribution in [3.63, 3.8) is 0 Å². The highest BCUT2D eigenvalue weighted by Crippen LogP contribution is 2.25. The second kappa shape index (κ2) is 7.13. The summed E-state index contributed by atoms with van der Waals surface area (Å²) in [5, 5.41) is 9.03. The molecule has 1 unspecified atom stereocenters. The Balaban J connectivity index is 2.34. The number of nitrogens with one attached hydrogen (secondary N) is 1. The monoisotopic (exact) mass is 307 g/mol. The molecule has 0 bridgehead atoms. The Morgan fingerprint density at radius 2 is 1.57 bits per heavy atom. The van der Waals surface area contributed by atoms with Crippen LogP contribution in [0.3, 0.4) is 0 Å². The first-order chi connectivity index (χ1) is 10.9. The zero-order valence-corrected chi connectivity index (χ0v) is 13.6. The maximum atomic E-state index is 12.1. The number of carbonyl (C=O) groups is 1. The van der Waals surface area contributed by atoms with Crippen molar-refractivity contribution in [2.24, 2.45) is 5.41 Å². The lowest BCUT2D eigenvalue weighted by Gasteiger charge is -2.16. The van der Waals surface area contributed by atoms with Crippen LogP contribution in [-0.4, -0.2) is 11.1 Å². The lowest BCUT2D eigenvalue weighted by molar-refractivity contribution is -0.129. The molecular formula is C20H21NO2. The summed E-state index contributed by atoms with van der Waals surface area (Å²) in [6.07, 6.45) is 0. The molecule has 2 aromatic rings. The van der Waals surface area contributed by atoms with E-state index >= 15 is 0 Å². The van der Waals surface area contributed by atoms with Crippen molar-refractivity contribution in [2.45, 2.75) is 26.7 Å². The number of benzene rings is 2. The van der Waals surface area contributed by atoms with Gasteiger partial charge in [0.25, 0.3) is 5.91 Å². The van der Waals surface area contributed by atoms with E-state index in [0.717, 1.165) is 16.7 Å². The van der Waals surface area contributed by atoms with Gasteiger partial charge in [-0.1, -0.05) is 54.3 Å². The molecule has 1 atom stereocenters. The van der Waals surface area contributed by atoms with Crippen LogP contribution < -0.4 is 5.48 Å². The van der Waals surface area contributed by atoms with Crippen LogP contribution in [0.25, 0.3) is 0 Å². The quantitative estimate of drug-likeness (QED) is 0.516. The summed E-state index contributed by atoms with van der Waals surface area (Å²) in [7, 11) is 0. The standard InChI is InChI=1S/C20H21NO2/c1-20(2,3)14-13-15-9-11-17(12-10-15)18(19(22)21-23)16-7-5-4-6-8-16/h4-12,18,23H,1-3H3,(H,21,22). The molecule has 0 spiro atoms. The van der Waals surface area contributed by atoms with E-state index in [0.29, 0.717) is 0 Å². The fourth-order valence-electron chi connectivity index (χ4n) is 2.22. The van der Waals surface area contributed by atoms with Crippen LogP contribution in [-0.2, 0) is 4.79 Å². The maximum Gasteiger partial charge on any atom is 0.255 e. The van der Waals surface area contributed by atoms with Gasteiger partial charge < -0.3 is 0 Å². The average Bonchev–Trinajstić information content (AvgIpc) is 2.54. The van der Waals surface area contributed by atoms with E-state index in [1.807, 2.05) is 54.6 Å². The first-order valence-corrected chi connectivity index (χ1v) is 7.53. The van der Waals surface area contributed by atoms with Gasteiger partial charge in [0.1, 0.15) is 0 Å².